The van der Waals surface area contributed by atoms with Crippen LogP contribution in [0.15, 0.2) is 0 Å². The van der Waals surface area contributed by atoms with E-state index < -0.39 is 0 Å². The molecule has 0 aromatic rings. The average Bonchev–Trinajstić information content (AvgIpc) is 2.31. The van der Waals surface area contributed by atoms with Crippen molar-refractivity contribution in [2.45, 2.75) is 39.0 Å². The van der Waals surface area contributed by atoms with Crippen molar-refractivity contribution in [3.8, 4) is 0 Å². The smallest absolute Gasteiger partial charge is 0.226 e. The monoisotopic (exact) mass is 227 g/mol. The fourth-order valence-corrected chi connectivity index (χ4v) is 2.47. The van der Waals surface area contributed by atoms with Crippen molar-refractivity contribution in [2.75, 3.05) is 26.2 Å². The molecule has 1 saturated heterocycles. The molecule has 0 spiro atoms. The fourth-order valence-electron chi connectivity index (χ4n) is 2.47. The molecule has 0 bridgehead atoms. The Labute approximate surface area is 98.3 Å². The van der Waals surface area contributed by atoms with Gasteiger partial charge in [-0.25, -0.2) is 0 Å². The number of piperidine rings is 1. The maximum absolute atomic E-state index is 12.2. The lowest BCUT2D eigenvalue weighted by Crippen LogP contribution is -2.47. The molecule has 4 heteroatoms. The molecule has 94 valence electrons. The molecule has 1 amide bonds. The number of carbonyl (C=O) groups is 1. The van der Waals surface area contributed by atoms with E-state index in [1.165, 1.54) is 0 Å². The molecule has 1 rings (SSSR count). The summed E-state index contributed by atoms with van der Waals surface area (Å²) in [6, 6.07) is 0. The maximum Gasteiger partial charge on any atom is 0.226 e. The van der Waals surface area contributed by atoms with Gasteiger partial charge in [0.05, 0.1) is 5.41 Å². The second-order valence-corrected chi connectivity index (χ2v) is 4.68. The largest absolute Gasteiger partial charge is 0.356 e. The lowest BCUT2D eigenvalue weighted by molar-refractivity contribution is -0.133. The van der Waals surface area contributed by atoms with Crippen LogP contribution < -0.4 is 16.4 Å². The molecular formula is C12H25N3O. The van der Waals surface area contributed by atoms with Gasteiger partial charge in [0, 0.05) is 6.54 Å². The molecule has 0 saturated carbocycles. The predicted molar refractivity (Wildman–Crippen MR) is 66.1 cm³/mol. The third-order valence-corrected chi connectivity index (χ3v) is 3.44. The van der Waals surface area contributed by atoms with Crippen molar-refractivity contribution in [2.24, 2.45) is 11.1 Å². The van der Waals surface area contributed by atoms with Gasteiger partial charge in [-0.3, -0.25) is 4.79 Å². The fraction of sp³-hybridized carbons (Fsp3) is 0.917. The highest BCUT2D eigenvalue weighted by Gasteiger charge is 2.38. The summed E-state index contributed by atoms with van der Waals surface area (Å²) in [5, 5.41) is 6.35. The van der Waals surface area contributed by atoms with E-state index in [1.807, 2.05) is 0 Å². The van der Waals surface area contributed by atoms with Crippen LogP contribution in [0.25, 0.3) is 0 Å². The summed E-state index contributed by atoms with van der Waals surface area (Å²) in [6.07, 6.45) is 4.88. The van der Waals surface area contributed by atoms with Crippen LogP contribution in [0.5, 0.6) is 0 Å². The Bertz CT molecular complexity index is 207. The number of hydrogen-bond donors (Lipinski definition) is 3. The molecule has 1 heterocycles. The van der Waals surface area contributed by atoms with E-state index in [-0.39, 0.29) is 11.3 Å². The van der Waals surface area contributed by atoms with E-state index in [0.29, 0.717) is 13.1 Å². The normalized spacial score (nSPS) is 19.4. The topological polar surface area (TPSA) is 67.2 Å². The molecule has 1 fully saturated rings. The Morgan fingerprint density at radius 3 is 2.69 bits per heavy atom. The molecular weight excluding hydrogens is 202 g/mol. The number of amides is 1. The van der Waals surface area contributed by atoms with Gasteiger partial charge in [0.15, 0.2) is 0 Å². The number of hydrogen-bond acceptors (Lipinski definition) is 3. The van der Waals surface area contributed by atoms with Gasteiger partial charge in [0.1, 0.15) is 0 Å². The second kappa shape index (κ2) is 6.86. The number of carbonyl (C=O) groups excluding carboxylic acids is 1. The summed E-state index contributed by atoms with van der Waals surface area (Å²) in [4.78, 5) is 12.2. The van der Waals surface area contributed by atoms with Gasteiger partial charge < -0.3 is 16.4 Å². The standard InChI is InChI=1S/C12H25N3O/c1-2-4-12(5-9-14-10-6-12)11(16)15-8-3-7-13/h14H,2-10,13H2,1H3,(H,15,16). The Kier molecular flexibility index (Phi) is 5.77. The van der Waals surface area contributed by atoms with Gasteiger partial charge in [-0.05, 0) is 45.3 Å². The van der Waals surface area contributed by atoms with Gasteiger partial charge in [-0.1, -0.05) is 13.3 Å². The van der Waals surface area contributed by atoms with Crippen molar-refractivity contribution in [1.82, 2.24) is 10.6 Å². The second-order valence-electron chi connectivity index (χ2n) is 4.68. The van der Waals surface area contributed by atoms with Crippen LogP contribution in [0, 0.1) is 5.41 Å². The summed E-state index contributed by atoms with van der Waals surface area (Å²) in [5.41, 5.74) is 5.31. The van der Waals surface area contributed by atoms with Crippen molar-refractivity contribution in [3.63, 3.8) is 0 Å². The summed E-state index contributed by atoms with van der Waals surface area (Å²) >= 11 is 0. The minimum absolute atomic E-state index is 0.116. The van der Waals surface area contributed by atoms with Crippen LogP contribution in [0.1, 0.15) is 39.0 Å². The van der Waals surface area contributed by atoms with Crippen LogP contribution in [-0.2, 0) is 4.79 Å². The van der Waals surface area contributed by atoms with Crippen molar-refractivity contribution in [1.29, 1.82) is 0 Å². The van der Waals surface area contributed by atoms with Crippen LogP contribution in [-0.4, -0.2) is 32.1 Å². The summed E-state index contributed by atoms with van der Waals surface area (Å²) < 4.78 is 0. The molecule has 0 aromatic carbocycles. The van der Waals surface area contributed by atoms with Gasteiger partial charge in [0.25, 0.3) is 0 Å². The van der Waals surface area contributed by atoms with Gasteiger partial charge in [0.2, 0.25) is 5.91 Å². The summed E-state index contributed by atoms with van der Waals surface area (Å²) in [6.45, 7) is 5.43. The zero-order valence-electron chi connectivity index (χ0n) is 10.3. The highest BCUT2D eigenvalue weighted by Crippen LogP contribution is 2.34. The van der Waals surface area contributed by atoms with E-state index in [1.54, 1.807) is 0 Å². The Morgan fingerprint density at radius 1 is 1.44 bits per heavy atom. The summed E-state index contributed by atoms with van der Waals surface area (Å²) in [5.74, 6) is 0.240. The molecule has 4 nitrogen and oxygen atoms in total. The quantitative estimate of drug-likeness (QED) is 0.583. The Hall–Kier alpha value is -0.610. The summed E-state index contributed by atoms with van der Waals surface area (Å²) in [7, 11) is 0. The zero-order chi connectivity index (χ0) is 11.9. The van der Waals surface area contributed by atoms with Crippen molar-refractivity contribution in [3.05, 3.63) is 0 Å². The molecule has 0 unspecified atom stereocenters. The van der Waals surface area contributed by atoms with Crippen LogP contribution in [0.2, 0.25) is 0 Å². The van der Waals surface area contributed by atoms with E-state index in [9.17, 15) is 4.79 Å². The van der Waals surface area contributed by atoms with Gasteiger partial charge in [-0.2, -0.15) is 0 Å². The van der Waals surface area contributed by atoms with Gasteiger partial charge >= 0.3 is 0 Å². The third-order valence-electron chi connectivity index (χ3n) is 3.44. The first-order chi connectivity index (χ1) is 7.75. The minimum Gasteiger partial charge on any atom is -0.356 e. The minimum atomic E-state index is -0.116. The first kappa shape index (κ1) is 13.5. The van der Waals surface area contributed by atoms with E-state index in [0.717, 1.165) is 45.2 Å². The van der Waals surface area contributed by atoms with Crippen molar-refractivity contribution >= 4 is 5.91 Å². The lowest BCUT2D eigenvalue weighted by atomic mass is 9.74. The van der Waals surface area contributed by atoms with E-state index in [4.69, 9.17) is 5.73 Å². The number of rotatable bonds is 6. The van der Waals surface area contributed by atoms with Crippen LogP contribution in [0.4, 0.5) is 0 Å². The molecule has 0 atom stereocenters. The zero-order valence-corrected chi connectivity index (χ0v) is 10.3. The lowest BCUT2D eigenvalue weighted by Gasteiger charge is -2.36. The Morgan fingerprint density at radius 2 is 2.12 bits per heavy atom. The molecule has 1 aliphatic heterocycles. The molecule has 4 N–H and O–H groups in total. The third kappa shape index (κ3) is 3.46. The molecule has 0 aromatic heterocycles. The average molecular weight is 227 g/mol. The molecule has 1 aliphatic rings. The maximum atomic E-state index is 12.2. The first-order valence-corrected chi connectivity index (χ1v) is 6.44. The van der Waals surface area contributed by atoms with E-state index in [2.05, 4.69) is 17.6 Å². The van der Waals surface area contributed by atoms with E-state index >= 15 is 0 Å². The van der Waals surface area contributed by atoms with Crippen molar-refractivity contribution < 1.29 is 4.79 Å². The van der Waals surface area contributed by atoms with Crippen LogP contribution >= 0.6 is 0 Å². The first-order valence-electron chi connectivity index (χ1n) is 6.44. The number of nitrogens with two attached hydrogens (primary N) is 1. The van der Waals surface area contributed by atoms with Gasteiger partial charge in [-0.15, -0.1) is 0 Å². The number of nitrogens with one attached hydrogen (secondary N) is 2. The SMILES string of the molecule is CCCC1(C(=O)NCCCN)CCNCC1. The Balaban J connectivity index is 2.50. The highest BCUT2D eigenvalue weighted by atomic mass is 16.2. The predicted octanol–water partition coefficient (Wildman–Crippen LogP) is 0.621. The highest BCUT2D eigenvalue weighted by molar-refractivity contribution is 5.82. The molecule has 0 aliphatic carbocycles. The molecule has 0 radical (unpaired) electrons. The van der Waals surface area contributed by atoms with Crippen LogP contribution in [0.3, 0.4) is 0 Å². The molecule has 16 heavy (non-hydrogen) atoms.